The molecular weight excluding hydrogens is 422 g/mol. The van der Waals surface area contributed by atoms with Gasteiger partial charge in [-0.25, -0.2) is 0 Å². The first-order chi connectivity index (χ1) is 16.1. The van der Waals surface area contributed by atoms with E-state index >= 15 is 0 Å². The third-order valence-electron chi connectivity index (χ3n) is 6.80. The normalized spacial score (nSPS) is 13.6. The lowest BCUT2D eigenvalue weighted by Crippen LogP contribution is -2.30. The van der Waals surface area contributed by atoms with Crippen LogP contribution in [-0.4, -0.2) is 11.0 Å². The summed E-state index contributed by atoms with van der Waals surface area (Å²) in [5, 5.41) is 14.7. The number of phenols is 1. The number of aromatic hydroxyl groups is 1. The SMILES string of the molecule is CCCCCc1cc2c(c(O)c1C(=O)Nc1c(C)cccc1C)-c1cc(C)ccc1C(C)(C)O2. The van der Waals surface area contributed by atoms with Gasteiger partial charge >= 0.3 is 0 Å². The van der Waals surface area contributed by atoms with Gasteiger partial charge in [0.05, 0.1) is 11.1 Å². The van der Waals surface area contributed by atoms with Gasteiger partial charge in [-0.1, -0.05) is 61.7 Å². The molecule has 1 amide bonds. The Labute approximate surface area is 203 Å². The van der Waals surface area contributed by atoms with Crippen LogP contribution in [-0.2, 0) is 12.0 Å². The number of nitrogens with one attached hydrogen (secondary N) is 1. The Hall–Kier alpha value is -3.27. The van der Waals surface area contributed by atoms with Gasteiger partial charge in [0.25, 0.3) is 5.91 Å². The van der Waals surface area contributed by atoms with E-state index in [4.69, 9.17) is 4.74 Å². The average Bonchev–Trinajstić information content (AvgIpc) is 2.75. The smallest absolute Gasteiger partial charge is 0.259 e. The number of anilines is 1. The molecule has 2 N–H and O–H groups in total. The van der Waals surface area contributed by atoms with Gasteiger partial charge in [0.2, 0.25) is 0 Å². The molecule has 0 aromatic heterocycles. The molecule has 0 spiro atoms. The Morgan fingerprint density at radius 1 is 1.03 bits per heavy atom. The summed E-state index contributed by atoms with van der Waals surface area (Å²) < 4.78 is 6.41. The molecule has 1 aliphatic heterocycles. The van der Waals surface area contributed by atoms with E-state index in [-0.39, 0.29) is 11.7 Å². The fourth-order valence-corrected chi connectivity index (χ4v) is 4.96. The van der Waals surface area contributed by atoms with Gasteiger partial charge in [-0.3, -0.25) is 4.79 Å². The maximum Gasteiger partial charge on any atom is 0.259 e. The first-order valence-corrected chi connectivity index (χ1v) is 12.2. The zero-order valence-electron chi connectivity index (χ0n) is 21.1. The Morgan fingerprint density at radius 2 is 1.74 bits per heavy atom. The van der Waals surface area contributed by atoms with Gasteiger partial charge < -0.3 is 15.2 Å². The van der Waals surface area contributed by atoms with Crippen LogP contribution >= 0.6 is 0 Å². The molecule has 178 valence electrons. The molecular formula is C30H35NO3. The van der Waals surface area contributed by atoms with Crippen LogP contribution < -0.4 is 10.1 Å². The molecule has 3 aromatic carbocycles. The summed E-state index contributed by atoms with van der Waals surface area (Å²) >= 11 is 0. The molecule has 0 unspecified atom stereocenters. The van der Waals surface area contributed by atoms with Crippen molar-refractivity contribution in [2.75, 3.05) is 5.32 Å². The number of ether oxygens (including phenoxy) is 1. The lowest BCUT2D eigenvalue weighted by Gasteiger charge is -2.36. The minimum atomic E-state index is -0.537. The van der Waals surface area contributed by atoms with Crippen LogP contribution in [0.4, 0.5) is 5.69 Å². The summed E-state index contributed by atoms with van der Waals surface area (Å²) in [5.74, 6) is 0.342. The molecule has 4 rings (SSSR count). The van der Waals surface area contributed by atoms with Gasteiger partial charge in [-0.15, -0.1) is 0 Å². The first kappa shape index (κ1) is 23.9. The number of amides is 1. The van der Waals surface area contributed by atoms with Crippen molar-refractivity contribution in [3.63, 3.8) is 0 Å². The first-order valence-electron chi connectivity index (χ1n) is 12.2. The highest BCUT2D eigenvalue weighted by Gasteiger charge is 2.36. The fourth-order valence-electron chi connectivity index (χ4n) is 4.96. The molecule has 0 radical (unpaired) electrons. The van der Waals surface area contributed by atoms with Crippen LogP contribution in [0.3, 0.4) is 0 Å². The zero-order chi connectivity index (χ0) is 24.6. The molecule has 0 fully saturated rings. The molecule has 34 heavy (non-hydrogen) atoms. The lowest BCUT2D eigenvalue weighted by atomic mass is 9.83. The molecule has 4 heteroatoms. The number of phenolic OH excluding ortho intramolecular Hbond substituents is 1. The van der Waals surface area contributed by atoms with E-state index < -0.39 is 5.60 Å². The number of fused-ring (bicyclic) bond motifs is 3. The monoisotopic (exact) mass is 457 g/mol. The highest BCUT2D eigenvalue weighted by atomic mass is 16.5. The van der Waals surface area contributed by atoms with Crippen molar-refractivity contribution in [2.45, 2.75) is 72.8 Å². The minimum absolute atomic E-state index is 0.00455. The summed E-state index contributed by atoms with van der Waals surface area (Å²) in [7, 11) is 0. The largest absolute Gasteiger partial charge is 0.506 e. The second-order valence-electron chi connectivity index (χ2n) is 9.97. The quantitative estimate of drug-likeness (QED) is 0.375. The summed E-state index contributed by atoms with van der Waals surface area (Å²) in [4.78, 5) is 13.7. The van der Waals surface area contributed by atoms with Gasteiger partial charge in [-0.2, -0.15) is 0 Å². The number of carbonyl (C=O) groups is 1. The molecule has 1 heterocycles. The van der Waals surface area contributed by atoms with Crippen LogP contribution in [0.15, 0.2) is 42.5 Å². The maximum absolute atomic E-state index is 13.7. The van der Waals surface area contributed by atoms with Gasteiger partial charge in [0.1, 0.15) is 17.1 Å². The van der Waals surface area contributed by atoms with Crippen LogP contribution in [0.5, 0.6) is 11.5 Å². The number of benzene rings is 3. The summed E-state index contributed by atoms with van der Waals surface area (Å²) in [6.07, 6.45) is 3.79. The Kier molecular flexibility index (Phi) is 6.44. The standard InChI is InChI=1S/C30H35NO3/c1-7-8-9-13-21-17-24-26(22-16-18(2)14-15-23(22)30(5,6)34-24)28(32)25(21)29(33)31-27-19(3)11-10-12-20(27)4/h10-12,14-17,32H,7-9,13H2,1-6H3,(H,31,33). The highest BCUT2D eigenvalue weighted by molar-refractivity contribution is 6.10. The topological polar surface area (TPSA) is 58.6 Å². The number of carbonyl (C=O) groups excluding carboxylic acids is 1. The van der Waals surface area contributed by atoms with Crippen molar-refractivity contribution in [3.05, 3.63) is 75.8 Å². The Balaban J connectivity index is 1.89. The molecule has 4 nitrogen and oxygen atoms in total. The van der Waals surface area contributed by atoms with E-state index in [0.717, 1.165) is 58.3 Å². The van der Waals surface area contributed by atoms with Crippen LogP contribution in [0.25, 0.3) is 11.1 Å². The van der Waals surface area contributed by atoms with Gasteiger partial charge in [-0.05, 0) is 75.8 Å². The Morgan fingerprint density at radius 3 is 2.41 bits per heavy atom. The molecule has 0 saturated heterocycles. The molecule has 1 aliphatic rings. The maximum atomic E-state index is 13.7. The van der Waals surface area contributed by atoms with E-state index in [1.165, 1.54) is 0 Å². The average molecular weight is 458 g/mol. The number of aryl methyl sites for hydroxylation is 4. The van der Waals surface area contributed by atoms with Crippen molar-refractivity contribution < 1.29 is 14.6 Å². The molecule has 0 aliphatic carbocycles. The third-order valence-corrected chi connectivity index (χ3v) is 6.80. The second kappa shape index (κ2) is 9.17. The summed E-state index contributed by atoms with van der Waals surface area (Å²) in [6, 6.07) is 14.1. The van der Waals surface area contributed by atoms with Crippen molar-refractivity contribution in [2.24, 2.45) is 0 Å². The molecule has 0 atom stereocenters. The Bertz CT molecular complexity index is 1240. The van der Waals surface area contributed by atoms with E-state index in [9.17, 15) is 9.90 Å². The number of hydrogen-bond acceptors (Lipinski definition) is 3. The van der Waals surface area contributed by atoms with E-state index in [0.29, 0.717) is 23.3 Å². The van der Waals surface area contributed by atoms with Crippen molar-refractivity contribution in [1.82, 2.24) is 0 Å². The summed E-state index contributed by atoms with van der Waals surface area (Å²) in [5.41, 5.74) is 7.01. The van der Waals surface area contributed by atoms with E-state index in [2.05, 4.69) is 30.4 Å². The lowest BCUT2D eigenvalue weighted by molar-refractivity contribution is 0.101. The zero-order valence-corrected chi connectivity index (χ0v) is 21.1. The summed E-state index contributed by atoms with van der Waals surface area (Å²) in [6.45, 7) is 12.2. The second-order valence-corrected chi connectivity index (χ2v) is 9.97. The van der Waals surface area contributed by atoms with Crippen molar-refractivity contribution >= 4 is 11.6 Å². The molecule has 3 aromatic rings. The number of rotatable bonds is 6. The van der Waals surface area contributed by atoms with E-state index in [1.807, 2.05) is 58.9 Å². The number of para-hydroxylation sites is 1. The van der Waals surface area contributed by atoms with Gasteiger partial charge in [0, 0.05) is 11.3 Å². The van der Waals surface area contributed by atoms with Crippen LogP contribution in [0, 0.1) is 20.8 Å². The fraction of sp³-hybridized carbons (Fsp3) is 0.367. The predicted molar refractivity (Wildman–Crippen MR) is 139 cm³/mol. The van der Waals surface area contributed by atoms with E-state index in [1.54, 1.807) is 0 Å². The number of hydrogen-bond donors (Lipinski definition) is 2. The molecule has 0 bridgehead atoms. The highest BCUT2D eigenvalue weighted by Crippen LogP contribution is 2.51. The van der Waals surface area contributed by atoms with Gasteiger partial charge in [0.15, 0.2) is 0 Å². The third kappa shape index (κ3) is 4.29. The van der Waals surface area contributed by atoms with Crippen molar-refractivity contribution in [1.29, 1.82) is 0 Å². The minimum Gasteiger partial charge on any atom is -0.506 e. The van der Waals surface area contributed by atoms with Crippen LogP contribution in [0.1, 0.15) is 78.2 Å². The van der Waals surface area contributed by atoms with Crippen molar-refractivity contribution in [3.8, 4) is 22.6 Å². The predicted octanol–water partition coefficient (Wildman–Crippen LogP) is 7.60. The number of unbranched alkanes of at least 4 members (excludes halogenated alkanes) is 2. The van der Waals surface area contributed by atoms with Crippen LogP contribution in [0.2, 0.25) is 0 Å². The molecule has 0 saturated carbocycles.